The van der Waals surface area contributed by atoms with Crippen LogP contribution in [0.5, 0.6) is 0 Å². The van der Waals surface area contributed by atoms with Crippen LogP contribution in [0.3, 0.4) is 0 Å². The second-order valence-corrected chi connectivity index (χ2v) is 5.55. The summed E-state index contributed by atoms with van der Waals surface area (Å²) < 4.78 is 13.0. The Hall–Kier alpha value is -1.42. The van der Waals surface area contributed by atoms with Crippen molar-refractivity contribution in [2.75, 3.05) is 20.6 Å². The fourth-order valence-corrected chi connectivity index (χ4v) is 1.94. The lowest BCUT2D eigenvalue weighted by atomic mass is 10.0. The minimum absolute atomic E-state index is 0.0759. The van der Waals surface area contributed by atoms with Gasteiger partial charge >= 0.3 is 0 Å². The second kappa shape index (κ2) is 6.66. The number of carbonyl (C=O) groups excluding carboxylic acids is 1. The first-order chi connectivity index (χ1) is 8.81. The van der Waals surface area contributed by atoms with Crippen molar-refractivity contribution in [1.82, 2.24) is 10.2 Å². The van der Waals surface area contributed by atoms with Gasteiger partial charge < -0.3 is 10.2 Å². The van der Waals surface area contributed by atoms with E-state index in [9.17, 15) is 9.18 Å². The maximum Gasteiger partial charge on any atom is 0.251 e. The predicted molar refractivity (Wildman–Crippen MR) is 75.8 cm³/mol. The maximum atomic E-state index is 13.0. The number of rotatable bonds is 5. The molecule has 19 heavy (non-hydrogen) atoms. The minimum Gasteiger partial charge on any atom is -0.348 e. The van der Waals surface area contributed by atoms with E-state index in [1.165, 1.54) is 18.2 Å². The zero-order chi connectivity index (χ0) is 14.6. The average Bonchev–Trinajstić information content (AvgIpc) is 2.26. The van der Waals surface area contributed by atoms with Gasteiger partial charge in [-0.05, 0) is 50.7 Å². The van der Waals surface area contributed by atoms with E-state index < -0.39 is 0 Å². The van der Waals surface area contributed by atoms with E-state index in [0.717, 1.165) is 6.54 Å². The SMILES string of the molecule is Cc1cc(F)ccc1C(=O)NC(CN(C)C)C(C)C. The Morgan fingerprint density at radius 3 is 2.47 bits per heavy atom. The van der Waals surface area contributed by atoms with Crippen molar-refractivity contribution in [2.45, 2.75) is 26.8 Å². The lowest BCUT2D eigenvalue weighted by Gasteiger charge is -2.26. The number of nitrogens with one attached hydrogen (secondary N) is 1. The molecule has 0 saturated heterocycles. The average molecular weight is 266 g/mol. The third kappa shape index (κ3) is 4.63. The molecule has 0 aliphatic carbocycles. The van der Waals surface area contributed by atoms with Gasteiger partial charge in [0.25, 0.3) is 5.91 Å². The molecule has 0 heterocycles. The van der Waals surface area contributed by atoms with E-state index in [1.54, 1.807) is 6.92 Å². The fraction of sp³-hybridized carbons (Fsp3) is 0.533. The normalized spacial score (nSPS) is 12.8. The highest BCUT2D eigenvalue weighted by Crippen LogP contribution is 2.11. The zero-order valence-corrected chi connectivity index (χ0v) is 12.3. The van der Waals surface area contributed by atoms with Crippen LogP contribution < -0.4 is 5.32 Å². The monoisotopic (exact) mass is 266 g/mol. The summed E-state index contributed by atoms with van der Waals surface area (Å²) in [6, 6.07) is 4.31. The lowest BCUT2D eigenvalue weighted by Crippen LogP contribution is -2.45. The molecule has 0 aromatic heterocycles. The topological polar surface area (TPSA) is 32.3 Å². The molecule has 0 spiro atoms. The number of carbonyl (C=O) groups is 1. The summed E-state index contributed by atoms with van der Waals surface area (Å²) in [5, 5.41) is 3.02. The summed E-state index contributed by atoms with van der Waals surface area (Å²) in [7, 11) is 3.95. The number of likely N-dealkylation sites (N-methyl/N-ethyl adjacent to an activating group) is 1. The van der Waals surface area contributed by atoms with Crippen molar-refractivity contribution in [3.05, 3.63) is 35.1 Å². The van der Waals surface area contributed by atoms with Crippen molar-refractivity contribution in [3.8, 4) is 0 Å². The van der Waals surface area contributed by atoms with Crippen LogP contribution in [0.4, 0.5) is 4.39 Å². The molecular weight excluding hydrogens is 243 g/mol. The molecule has 4 heteroatoms. The van der Waals surface area contributed by atoms with Crippen molar-refractivity contribution in [1.29, 1.82) is 0 Å². The smallest absolute Gasteiger partial charge is 0.251 e. The van der Waals surface area contributed by atoms with Gasteiger partial charge in [0.1, 0.15) is 5.82 Å². The molecule has 0 bridgehead atoms. The van der Waals surface area contributed by atoms with Crippen LogP contribution in [0, 0.1) is 18.7 Å². The number of hydrogen-bond donors (Lipinski definition) is 1. The summed E-state index contributed by atoms with van der Waals surface area (Å²) >= 11 is 0. The van der Waals surface area contributed by atoms with Crippen LogP contribution in [0.15, 0.2) is 18.2 Å². The van der Waals surface area contributed by atoms with Gasteiger partial charge in [0.05, 0.1) is 0 Å². The standard InChI is InChI=1S/C15H23FN2O/c1-10(2)14(9-18(4)5)17-15(19)13-7-6-12(16)8-11(13)3/h6-8,10,14H,9H2,1-5H3,(H,17,19). The van der Waals surface area contributed by atoms with Gasteiger partial charge in [-0.1, -0.05) is 13.8 Å². The van der Waals surface area contributed by atoms with E-state index in [0.29, 0.717) is 17.0 Å². The molecule has 0 radical (unpaired) electrons. The Morgan fingerprint density at radius 2 is 2.00 bits per heavy atom. The summed E-state index contributed by atoms with van der Waals surface area (Å²) in [4.78, 5) is 14.3. The van der Waals surface area contributed by atoms with Crippen LogP contribution in [0.2, 0.25) is 0 Å². The molecule has 0 fully saturated rings. The van der Waals surface area contributed by atoms with Gasteiger partial charge in [0.2, 0.25) is 0 Å². The molecule has 1 aromatic carbocycles. The first kappa shape index (κ1) is 15.6. The minimum atomic E-state index is -0.317. The fourth-order valence-electron chi connectivity index (χ4n) is 1.94. The molecule has 0 aliphatic heterocycles. The Bertz CT molecular complexity index is 444. The quantitative estimate of drug-likeness (QED) is 0.888. The van der Waals surface area contributed by atoms with Crippen molar-refractivity contribution in [3.63, 3.8) is 0 Å². The molecular formula is C15H23FN2O. The van der Waals surface area contributed by atoms with E-state index in [1.807, 2.05) is 19.0 Å². The van der Waals surface area contributed by atoms with E-state index in [2.05, 4.69) is 19.2 Å². The highest BCUT2D eigenvalue weighted by atomic mass is 19.1. The number of nitrogens with zero attached hydrogens (tertiary/aromatic N) is 1. The number of hydrogen-bond acceptors (Lipinski definition) is 2. The second-order valence-electron chi connectivity index (χ2n) is 5.55. The molecule has 1 N–H and O–H groups in total. The molecule has 1 amide bonds. The molecule has 1 atom stereocenters. The number of benzene rings is 1. The lowest BCUT2D eigenvalue weighted by molar-refractivity contribution is 0.0916. The molecule has 0 aliphatic rings. The molecule has 1 unspecified atom stereocenters. The van der Waals surface area contributed by atoms with Gasteiger partial charge in [0.15, 0.2) is 0 Å². The molecule has 0 saturated carbocycles. The summed E-state index contributed by atoms with van der Waals surface area (Å²) in [5.41, 5.74) is 1.19. The highest BCUT2D eigenvalue weighted by Gasteiger charge is 2.19. The highest BCUT2D eigenvalue weighted by molar-refractivity contribution is 5.95. The Labute approximate surface area is 114 Å². The number of aryl methyl sites for hydroxylation is 1. The summed E-state index contributed by atoms with van der Waals surface area (Å²) in [5.74, 6) is -0.118. The zero-order valence-electron chi connectivity index (χ0n) is 12.3. The van der Waals surface area contributed by atoms with Gasteiger partial charge in [-0.2, -0.15) is 0 Å². The van der Waals surface area contributed by atoms with Crippen LogP contribution >= 0.6 is 0 Å². The van der Waals surface area contributed by atoms with Crippen molar-refractivity contribution < 1.29 is 9.18 Å². The molecule has 106 valence electrons. The van der Waals surface area contributed by atoms with E-state index in [-0.39, 0.29) is 17.8 Å². The van der Waals surface area contributed by atoms with E-state index >= 15 is 0 Å². The van der Waals surface area contributed by atoms with Crippen LogP contribution in [0.1, 0.15) is 29.8 Å². The van der Waals surface area contributed by atoms with Gasteiger partial charge in [-0.15, -0.1) is 0 Å². The molecule has 1 rings (SSSR count). The molecule has 1 aromatic rings. The summed E-state index contributed by atoms with van der Waals surface area (Å²) in [6.45, 7) is 6.68. The van der Waals surface area contributed by atoms with Crippen molar-refractivity contribution in [2.24, 2.45) is 5.92 Å². The predicted octanol–water partition coefficient (Wildman–Crippen LogP) is 2.45. The number of halogens is 1. The van der Waals surface area contributed by atoms with Crippen LogP contribution in [-0.4, -0.2) is 37.5 Å². The van der Waals surface area contributed by atoms with Crippen LogP contribution in [-0.2, 0) is 0 Å². The van der Waals surface area contributed by atoms with Crippen molar-refractivity contribution >= 4 is 5.91 Å². The molecule has 3 nitrogen and oxygen atoms in total. The van der Waals surface area contributed by atoms with E-state index in [4.69, 9.17) is 0 Å². The third-order valence-corrected chi connectivity index (χ3v) is 3.12. The number of amides is 1. The third-order valence-electron chi connectivity index (χ3n) is 3.12. The Kier molecular flexibility index (Phi) is 5.48. The largest absolute Gasteiger partial charge is 0.348 e. The Morgan fingerprint density at radius 1 is 1.37 bits per heavy atom. The van der Waals surface area contributed by atoms with Crippen LogP contribution in [0.25, 0.3) is 0 Å². The van der Waals surface area contributed by atoms with Gasteiger partial charge in [-0.25, -0.2) is 4.39 Å². The van der Waals surface area contributed by atoms with Gasteiger partial charge in [-0.3, -0.25) is 4.79 Å². The Balaban J connectivity index is 2.81. The first-order valence-electron chi connectivity index (χ1n) is 6.53. The first-order valence-corrected chi connectivity index (χ1v) is 6.53. The van der Waals surface area contributed by atoms with Gasteiger partial charge in [0, 0.05) is 18.2 Å². The summed E-state index contributed by atoms with van der Waals surface area (Å²) in [6.07, 6.45) is 0. The maximum absolute atomic E-state index is 13.0.